The Morgan fingerprint density at radius 1 is 0.794 bits per heavy atom. The van der Waals surface area contributed by atoms with E-state index < -0.39 is 10.0 Å². The molecule has 0 atom stereocenters. The molecule has 3 aromatic rings. The predicted octanol–water partition coefficient (Wildman–Crippen LogP) is 3.98. The van der Waals surface area contributed by atoms with Gasteiger partial charge in [0.05, 0.1) is 4.90 Å². The van der Waals surface area contributed by atoms with Crippen molar-refractivity contribution in [1.82, 2.24) is 14.9 Å². The van der Waals surface area contributed by atoms with Crippen molar-refractivity contribution >= 4 is 10.0 Å². The van der Waals surface area contributed by atoms with Crippen molar-refractivity contribution in [2.75, 3.05) is 26.2 Å². The number of nitrogens with zero attached hydrogens (tertiary/aromatic N) is 1. The summed E-state index contributed by atoms with van der Waals surface area (Å²) >= 11 is 0. The molecular weight excluding hydrogens is 442 g/mol. The zero-order valence-electron chi connectivity index (χ0n) is 19.5. The molecule has 1 fully saturated rings. The minimum atomic E-state index is -3.48. The first kappa shape index (κ1) is 23.2. The Morgan fingerprint density at radius 3 is 2.00 bits per heavy atom. The topological polar surface area (TPSA) is 61.4 Å². The van der Waals surface area contributed by atoms with Crippen LogP contribution in [0.5, 0.6) is 0 Å². The fourth-order valence-electron chi connectivity index (χ4n) is 5.03. The Bertz CT molecular complexity index is 1180. The molecule has 1 aliphatic heterocycles. The summed E-state index contributed by atoms with van der Waals surface area (Å²) in [6.07, 6.45) is 4.61. The summed E-state index contributed by atoms with van der Waals surface area (Å²) in [6, 6.07) is 24.9. The number of fused-ring (bicyclic) bond motifs is 1. The van der Waals surface area contributed by atoms with Crippen molar-refractivity contribution < 1.29 is 8.42 Å². The van der Waals surface area contributed by atoms with Crippen LogP contribution in [0.15, 0.2) is 77.7 Å². The van der Waals surface area contributed by atoms with E-state index in [1.54, 1.807) is 12.1 Å². The maximum Gasteiger partial charge on any atom is 0.240 e. The van der Waals surface area contributed by atoms with Gasteiger partial charge in [-0.1, -0.05) is 60.7 Å². The minimum Gasteiger partial charge on any atom is -0.309 e. The van der Waals surface area contributed by atoms with Crippen molar-refractivity contribution in [2.24, 2.45) is 0 Å². The Hall–Kier alpha value is -2.51. The molecule has 0 bridgehead atoms. The van der Waals surface area contributed by atoms with Crippen molar-refractivity contribution in [1.29, 1.82) is 0 Å². The number of sulfonamides is 1. The molecular formula is C28H33N3O2S. The lowest BCUT2D eigenvalue weighted by Crippen LogP contribution is -2.33. The van der Waals surface area contributed by atoms with E-state index in [2.05, 4.69) is 63.5 Å². The van der Waals surface area contributed by atoms with Crippen LogP contribution in [0.2, 0.25) is 0 Å². The molecule has 1 saturated heterocycles. The van der Waals surface area contributed by atoms with Crippen molar-refractivity contribution in [3.05, 3.63) is 89.5 Å². The molecule has 0 unspecified atom stereocenters. The van der Waals surface area contributed by atoms with Crippen LogP contribution < -0.4 is 10.0 Å². The highest BCUT2D eigenvalue weighted by Crippen LogP contribution is 2.24. The molecule has 0 spiro atoms. The lowest BCUT2D eigenvalue weighted by molar-refractivity contribution is 0.344. The quantitative estimate of drug-likeness (QED) is 0.491. The van der Waals surface area contributed by atoms with Crippen LogP contribution in [0, 0.1) is 0 Å². The highest BCUT2D eigenvalue weighted by Gasteiger charge is 2.20. The fraction of sp³-hybridized carbons (Fsp3) is 0.357. The van der Waals surface area contributed by atoms with E-state index in [4.69, 9.17) is 0 Å². The summed E-state index contributed by atoms with van der Waals surface area (Å²) in [5.74, 6) is 0. The zero-order valence-corrected chi connectivity index (χ0v) is 20.4. The molecule has 1 heterocycles. The first-order chi connectivity index (χ1) is 16.6. The number of nitrogens with one attached hydrogen (secondary N) is 2. The Morgan fingerprint density at radius 2 is 1.38 bits per heavy atom. The number of likely N-dealkylation sites (tertiary alicyclic amines) is 1. The lowest BCUT2D eigenvalue weighted by Gasteiger charge is -2.15. The van der Waals surface area contributed by atoms with Crippen LogP contribution in [0.1, 0.15) is 29.5 Å². The molecule has 0 amide bonds. The van der Waals surface area contributed by atoms with Gasteiger partial charge in [-0.05, 0) is 78.7 Å². The van der Waals surface area contributed by atoms with E-state index >= 15 is 0 Å². The van der Waals surface area contributed by atoms with E-state index in [1.807, 2.05) is 12.1 Å². The molecule has 1 aliphatic carbocycles. The minimum absolute atomic E-state index is 0.316. The molecule has 5 rings (SSSR count). The summed E-state index contributed by atoms with van der Waals surface area (Å²) in [6.45, 7) is 4.21. The van der Waals surface area contributed by atoms with Crippen molar-refractivity contribution in [2.45, 2.75) is 43.2 Å². The smallest absolute Gasteiger partial charge is 0.240 e. The summed E-state index contributed by atoms with van der Waals surface area (Å²) in [5, 5.41) is 3.69. The average Bonchev–Trinajstić information content (AvgIpc) is 3.53. The van der Waals surface area contributed by atoms with Crippen molar-refractivity contribution in [3.63, 3.8) is 0 Å². The second-order valence-electron chi connectivity index (χ2n) is 9.42. The summed E-state index contributed by atoms with van der Waals surface area (Å²) < 4.78 is 28.0. The first-order valence-corrected chi connectivity index (χ1v) is 13.8. The second kappa shape index (κ2) is 10.4. The van der Waals surface area contributed by atoms with Gasteiger partial charge in [0.15, 0.2) is 0 Å². The first-order valence-electron chi connectivity index (χ1n) is 12.3. The van der Waals surface area contributed by atoms with E-state index in [0.717, 1.165) is 50.1 Å². The van der Waals surface area contributed by atoms with Gasteiger partial charge in [-0.15, -0.1) is 0 Å². The van der Waals surface area contributed by atoms with Crippen LogP contribution in [-0.2, 0) is 29.4 Å². The van der Waals surface area contributed by atoms with Gasteiger partial charge in [0.2, 0.25) is 10.0 Å². The van der Waals surface area contributed by atoms with Crippen LogP contribution in [0.3, 0.4) is 0 Å². The lowest BCUT2D eigenvalue weighted by atomic mass is 10.0. The number of benzene rings is 3. The third kappa shape index (κ3) is 5.58. The number of rotatable bonds is 9. The zero-order chi connectivity index (χ0) is 23.4. The van der Waals surface area contributed by atoms with Crippen molar-refractivity contribution in [3.8, 4) is 11.1 Å². The highest BCUT2D eigenvalue weighted by molar-refractivity contribution is 7.89. The predicted molar refractivity (Wildman–Crippen MR) is 137 cm³/mol. The molecule has 0 aromatic heterocycles. The van der Waals surface area contributed by atoms with Gasteiger partial charge >= 0.3 is 0 Å². The molecule has 3 aromatic carbocycles. The van der Waals surface area contributed by atoms with Gasteiger partial charge in [0.1, 0.15) is 0 Å². The molecule has 2 N–H and O–H groups in total. The Kier molecular flexibility index (Phi) is 7.11. The Labute approximate surface area is 203 Å². The van der Waals surface area contributed by atoms with E-state index in [1.165, 1.54) is 29.5 Å². The average molecular weight is 476 g/mol. The third-order valence-electron chi connectivity index (χ3n) is 7.02. The number of hydrogen-bond acceptors (Lipinski definition) is 4. The van der Waals surface area contributed by atoms with E-state index in [-0.39, 0.29) is 0 Å². The molecule has 178 valence electrons. The van der Waals surface area contributed by atoms with Gasteiger partial charge in [-0.2, -0.15) is 0 Å². The van der Waals surface area contributed by atoms with E-state index in [9.17, 15) is 8.42 Å². The van der Waals surface area contributed by atoms with Gasteiger partial charge in [-0.3, -0.25) is 0 Å². The molecule has 2 aliphatic rings. The van der Waals surface area contributed by atoms with E-state index in [0.29, 0.717) is 17.5 Å². The standard InChI is InChI=1S/C28H33N3O2S/c32-34(33,30-15-18-31-16-3-4-17-31)28-13-11-24(12-14-28)23-9-7-22(8-10-23)21-29-27-19-25-5-1-2-6-26(25)20-27/h1-2,5-14,27,29-30H,3-4,15-21H2. The van der Waals surface area contributed by atoms with Gasteiger partial charge in [0, 0.05) is 25.7 Å². The van der Waals surface area contributed by atoms with Crippen LogP contribution in [0.4, 0.5) is 0 Å². The molecule has 5 nitrogen and oxygen atoms in total. The highest BCUT2D eigenvalue weighted by atomic mass is 32.2. The maximum atomic E-state index is 12.6. The van der Waals surface area contributed by atoms with Crippen LogP contribution in [0.25, 0.3) is 11.1 Å². The second-order valence-corrected chi connectivity index (χ2v) is 11.2. The SMILES string of the molecule is O=S(=O)(NCCN1CCCC1)c1ccc(-c2ccc(CNC3Cc4ccccc4C3)cc2)cc1. The van der Waals surface area contributed by atoms with Gasteiger partial charge in [0.25, 0.3) is 0 Å². The summed E-state index contributed by atoms with van der Waals surface area (Å²) in [5.41, 5.74) is 6.27. The van der Waals surface area contributed by atoms with Crippen LogP contribution in [-0.4, -0.2) is 45.5 Å². The van der Waals surface area contributed by atoms with Crippen LogP contribution >= 0.6 is 0 Å². The third-order valence-corrected chi connectivity index (χ3v) is 8.49. The molecule has 34 heavy (non-hydrogen) atoms. The van der Waals surface area contributed by atoms with Gasteiger partial charge in [-0.25, -0.2) is 13.1 Å². The molecule has 0 saturated carbocycles. The number of hydrogen-bond donors (Lipinski definition) is 2. The summed E-state index contributed by atoms with van der Waals surface area (Å²) in [4.78, 5) is 2.62. The maximum absolute atomic E-state index is 12.6. The van der Waals surface area contributed by atoms with Gasteiger partial charge < -0.3 is 10.2 Å². The molecule has 6 heteroatoms. The monoisotopic (exact) mass is 475 g/mol. The Balaban J connectivity index is 1.14. The normalized spacial score (nSPS) is 16.7. The largest absolute Gasteiger partial charge is 0.309 e. The molecule has 0 radical (unpaired) electrons. The summed E-state index contributed by atoms with van der Waals surface area (Å²) in [7, 11) is -3.48. The fourth-order valence-corrected chi connectivity index (χ4v) is 6.06.